The minimum Gasteiger partial charge on any atom is -0.377 e. The zero-order valence-electron chi connectivity index (χ0n) is 12.9. The molecule has 0 amide bonds. The molecule has 2 atom stereocenters. The number of hydrogen-bond donors (Lipinski definition) is 1. The highest BCUT2D eigenvalue weighted by molar-refractivity contribution is 4.86. The van der Waals surface area contributed by atoms with Crippen molar-refractivity contribution < 1.29 is 4.74 Å². The summed E-state index contributed by atoms with van der Waals surface area (Å²) in [5.41, 5.74) is 0. The molecule has 0 aromatic carbocycles. The first-order chi connectivity index (χ1) is 8.70. The van der Waals surface area contributed by atoms with Crippen LogP contribution in [0.2, 0.25) is 0 Å². The molecule has 2 heteroatoms. The fourth-order valence-electron chi connectivity index (χ4n) is 3.36. The second-order valence-corrected chi connectivity index (χ2v) is 6.00. The molecule has 1 fully saturated rings. The van der Waals surface area contributed by atoms with Gasteiger partial charge in [0.15, 0.2) is 0 Å². The molecular weight excluding hydrogens is 222 g/mol. The van der Waals surface area contributed by atoms with Gasteiger partial charge >= 0.3 is 0 Å². The van der Waals surface area contributed by atoms with Crippen molar-refractivity contribution in [1.29, 1.82) is 0 Å². The highest BCUT2D eigenvalue weighted by Crippen LogP contribution is 2.29. The summed E-state index contributed by atoms with van der Waals surface area (Å²) < 4.78 is 6.05. The molecule has 0 aromatic rings. The van der Waals surface area contributed by atoms with Crippen molar-refractivity contribution in [3.8, 4) is 0 Å². The van der Waals surface area contributed by atoms with Gasteiger partial charge in [-0.15, -0.1) is 0 Å². The van der Waals surface area contributed by atoms with E-state index in [4.69, 9.17) is 4.74 Å². The maximum absolute atomic E-state index is 6.05. The standard InChI is InChI=1S/C16H33NO/c1-5-17-15(16(13(3)4)18-6-2)14-11-9-7-8-10-12-14/h13-17H,5-12H2,1-4H3. The Balaban J connectivity index is 2.69. The van der Waals surface area contributed by atoms with Gasteiger partial charge in [0.05, 0.1) is 6.10 Å². The third kappa shape index (κ3) is 4.89. The Bertz CT molecular complexity index is 197. The van der Waals surface area contributed by atoms with E-state index in [-0.39, 0.29) is 0 Å². The Kier molecular flexibility index (Phi) is 7.92. The zero-order chi connectivity index (χ0) is 13.4. The largest absolute Gasteiger partial charge is 0.377 e. The normalized spacial score (nSPS) is 21.8. The van der Waals surface area contributed by atoms with Crippen LogP contribution in [0.3, 0.4) is 0 Å². The number of likely N-dealkylation sites (N-methyl/N-ethyl adjacent to an activating group) is 1. The van der Waals surface area contributed by atoms with Crippen LogP contribution in [0, 0.1) is 11.8 Å². The summed E-state index contributed by atoms with van der Waals surface area (Å²) in [7, 11) is 0. The molecule has 18 heavy (non-hydrogen) atoms. The topological polar surface area (TPSA) is 21.3 Å². The predicted molar refractivity (Wildman–Crippen MR) is 78.9 cm³/mol. The smallest absolute Gasteiger partial charge is 0.0753 e. The van der Waals surface area contributed by atoms with Gasteiger partial charge in [-0.25, -0.2) is 0 Å². The van der Waals surface area contributed by atoms with Gasteiger partial charge in [-0.3, -0.25) is 0 Å². The molecule has 0 aromatic heterocycles. The molecule has 1 aliphatic rings. The van der Waals surface area contributed by atoms with Crippen molar-refractivity contribution in [1.82, 2.24) is 5.32 Å². The van der Waals surface area contributed by atoms with Crippen molar-refractivity contribution in [3.05, 3.63) is 0 Å². The fourth-order valence-corrected chi connectivity index (χ4v) is 3.36. The Morgan fingerprint density at radius 1 is 1.06 bits per heavy atom. The molecule has 0 bridgehead atoms. The quantitative estimate of drug-likeness (QED) is 0.694. The van der Waals surface area contributed by atoms with Crippen LogP contribution in [-0.2, 0) is 4.74 Å². The van der Waals surface area contributed by atoms with E-state index in [2.05, 4.69) is 33.0 Å². The molecule has 0 aliphatic heterocycles. The van der Waals surface area contributed by atoms with E-state index >= 15 is 0 Å². The Hall–Kier alpha value is -0.0800. The summed E-state index contributed by atoms with van der Waals surface area (Å²) in [5, 5.41) is 3.72. The Labute approximate surface area is 114 Å². The first-order valence-electron chi connectivity index (χ1n) is 8.05. The molecule has 2 unspecified atom stereocenters. The molecule has 2 nitrogen and oxygen atoms in total. The molecule has 0 spiro atoms. The molecule has 0 radical (unpaired) electrons. The Morgan fingerprint density at radius 2 is 1.67 bits per heavy atom. The van der Waals surface area contributed by atoms with E-state index in [1.54, 1.807) is 0 Å². The minimum atomic E-state index is 0.373. The van der Waals surface area contributed by atoms with Gasteiger partial charge in [0, 0.05) is 12.6 Å². The van der Waals surface area contributed by atoms with E-state index in [1.165, 1.54) is 38.5 Å². The van der Waals surface area contributed by atoms with Gasteiger partial charge in [-0.1, -0.05) is 46.5 Å². The Morgan fingerprint density at radius 3 is 2.11 bits per heavy atom. The molecule has 0 heterocycles. The van der Waals surface area contributed by atoms with Crippen molar-refractivity contribution >= 4 is 0 Å². The van der Waals surface area contributed by atoms with Crippen LogP contribution in [0.25, 0.3) is 0 Å². The summed E-state index contributed by atoms with van der Waals surface area (Å²) in [5.74, 6) is 1.41. The second-order valence-electron chi connectivity index (χ2n) is 6.00. The molecule has 1 saturated carbocycles. The van der Waals surface area contributed by atoms with Crippen LogP contribution in [0.5, 0.6) is 0 Å². The average Bonchev–Trinajstić information content (AvgIpc) is 2.62. The third-order valence-corrected chi connectivity index (χ3v) is 4.22. The summed E-state index contributed by atoms with van der Waals surface area (Å²) >= 11 is 0. The molecule has 1 rings (SSSR count). The minimum absolute atomic E-state index is 0.373. The van der Waals surface area contributed by atoms with Gasteiger partial charge in [0.25, 0.3) is 0 Å². The molecule has 108 valence electrons. The lowest BCUT2D eigenvalue weighted by molar-refractivity contribution is -0.0135. The second kappa shape index (κ2) is 8.92. The third-order valence-electron chi connectivity index (χ3n) is 4.22. The molecule has 1 N–H and O–H groups in total. The predicted octanol–water partition coefficient (Wildman–Crippen LogP) is 4.00. The highest BCUT2D eigenvalue weighted by atomic mass is 16.5. The average molecular weight is 255 g/mol. The van der Waals surface area contributed by atoms with Crippen LogP contribution < -0.4 is 5.32 Å². The number of ether oxygens (including phenoxy) is 1. The number of rotatable bonds is 7. The van der Waals surface area contributed by atoms with Gasteiger partial charge in [-0.05, 0) is 38.1 Å². The molecular formula is C16H33NO. The zero-order valence-corrected chi connectivity index (χ0v) is 12.9. The summed E-state index contributed by atoms with van der Waals surface area (Å²) in [6.07, 6.45) is 8.81. The van der Waals surface area contributed by atoms with E-state index in [1.807, 2.05) is 0 Å². The van der Waals surface area contributed by atoms with E-state index in [9.17, 15) is 0 Å². The SMILES string of the molecule is CCNC(C1CCCCCC1)C(OCC)C(C)C. The van der Waals surface area contributed by atoms with Crippen molar-refractivity contribution in [2.75, 3.05) is 13.2 Å². The lowest BCUT2D eigenvalue weighted by Gasteiger charge is -2.36. The van der Waals surface area contributed by atoms with Gasteiger partial charge in [-0.2, -0.15) is 0 Å². The molecule has 1 aliphatic carbocycles. The van der Waals surface area contributed by atoms with E-state index in [0.717, 1.165) is 19.1 Å². The van der Waals surface area contributed by atoms with Crippen LogP contribution in [0.1, 0.15) is 66.2 Å². The van der Waals surface area contributed by atoms with Crippen molar-refractivity contribution in [3.63, 3.8) is 0 Å². The summed E-state index contributed by atoms with van der Waals surface area (Å²) in [6.45, 7) is 10.8. The summed E-state index contributed by atoms with van der Waals surface area (Å²) in [4.78, 5) is 0. The van der Waals surface area contributed by atoms with Crippen LogP contribution in [-0.4, -0.2) is 25.3 Å². The maximum atomic E-state index is 6.05. The maximum Gasteiger partial charge on any atom is 0.0753 e. The lowest BCUT2D eigenvalue weighted by atomic mass is 9.84. The lowest BCUT2D eigenvalue weighted by Crippen LogP contribution is -2.49. The highest BCUT2D eigenvalue weighted by Gasteiger charge is 2.31. The van der Waals surface area contributed by atoms with Crippen LogP contribution in [0.15, 0.2) is 0 Å². The van der Waals surface area contributed by atoms with Crippen molar-refractivity contribution in [2.45, 2.75) is 78.4 Å². The number of hydrogen-bond acceptors (Lipinski definition) is 2. The van der Waals surface area contributed by atoms with Crippen LogP contribution in [0.4, 0.5) is 0 Å². The molecule has 0 saturated heterocycles. The fraction of sp³-hybridized carbons (Fsp3) is 1.00. The van der Waals surface area contributed by atoms with E-state index < -0.39 is 0 Å². The van der Waals surface area contributed by atoms with Crippen molar-refractivity contribution in [2.24, 2.45) is 11.8 Å². The van der Waals surface area contributed by atoms with E-state index in [0.29, 0.717) is 18.1 Å². The monoisotopic (exact) mass is 255 g/mol. The van der Waals surface area contributed by atoms with Gasteiger partial charge in [0.1, 0.15) is 0 Å². The first kappa shape index (κ1) is 16.0. The van der Waals surface area contributed by atoms with Crippen LogP contribution >= 0.6 is 0 Å². The first-order valence-corrected chi connectivity index (χ1v) is 8.05. The summed E-state index contributed by atoms with van der Waals surface area (Å²) in [6, 6.07) is 0.549. The number of nitrogens with one attached hydrogen (secondary N) is 1. The van der Waals surface area contributed by atoms with Gasteiger partial charge in [0.2, 0.25) is 0 Å². The van der Waals surface area contributed by atoms with Gasteiger partial charge < -0.3 is 10.1 Å².